The Morgan fingerprint density at radius 3 is 2.65 bits per heavy atom. The van der Waals surface area contributed by atoms with Crippen molar-refractivity contribution in [3.63, 3.8) is 0 Å². The minimum atomic E-state index is 0.266. The van der Waals surface area contributed by atoms with Crippen LogP contribution < -0.4 is 5.32 Å². The van der Waals surface area contributed by atoms with Gasteiger partial charge in [-0.05, 0) is 29.0 Å². The molecule has 2 bridgehead atoms. The van der Waals surface area contributed by atoms with Crippen molar-refractivity contribution in [2.24, 2.45) is 0 Å². The van der Waals surface area contributed by atoms with E-state index in [1.807, 2.05) is 13.1 Å². The van der Waals surface area contributed by atoms with Crippen LogP contribution in [0.5, 0.6) is 0 Å². The molecule has 4 heterocycles. The minimum absolute atomic E-state index is 0.266. The average molecular weight is 300 g/mol. The van der Waals surface area contributed by atoms with Crippen LogP contribution in [0.25, 0.3) is 0 Å². The van der Waals surface area contributed by atoms with E-state index in [1.54, 1.807) is 6.26 Å². The van der Waals surface area contributed by atoms with Gasteiger partial charge in [0.1, 0.15) is 5.76 Å². The molecule has 4 nitrogen and oxygen atoms in total. The molecule has 94 valence electrons. The number of furan rings is 1. The third-order valence-corrected chi connectivity index (χ3v) is 4.60. The van der Waals surface area contributed by atoms with Crippen LogP contribution in [-0.2, 0) is 0 Å². The number of rotatable bonds is 3. The number of fused-ring (bicyclic) bond motifs is 3. The standard InChI is InChI=1S/C12H18BrN3O/c1-14-11(12-9(13)2-7-17-12)10-8-15-3-5-16(10)6-4-15/h2,7,10-11,14H,3-6,8H2,1H3. The lowest BCUT2D eigenvalue weighted by molar-refractivity contribution is -0.00580. The van der Waals surface area contributed by atoms with Crippen molar-refractivity contribution in [3.05, 3.63) is 22.6 Å². The molecule has 2 unspecified atom stereocenters. The SMILES string of the molecule is CNC(c1occc1Br)C1CN2CCN1CC2. The van der Waals surface area contributed by atoms with Gasteiger partial charge in [0.15, 0.2) is 0 Å². The molecule has 0 spiro atoms. The molecule has 5 heteroatoms. The van der Waals surface area contributed by atoms with E-state index < -0.39 is 0 Å². The predicted octanol–water partition coefficient (Wildman–Crippen LogP) is 1.30. The maximum Gasteiger partial charge on any atom is 0.136 e. The van der Waals surface area contributed by atoms with Gasteiger partial charge in [-0.3, -0.25) is 9.80 Å². The molecule has 4 rings (SSSR count). The molecule has 1 N–H and O–H groups in total. The molecular weight excluding hydrogens is 282 g/mol. The Hall–Kier alpha value is -0.360. The van der Waals surface area contributed by atoms with Crippen LogP contribution in [0.4, 0.5) is 0 Å². The second-order valence-electron chi connectivity index (χ2n) is 4.80. The fraction of sp³-hybridized carbons (Fsp3) is 0.667. The molecule has 3 fully saturated rings. The summed E-state index contributed by atoms with van der Waals surface area (Å²) in [6.45, 7) is 5.93. The first kappa shape index (κ1) is 11.7. The van der Waals surface area contributed by atoms with Gasteiger partial charge in [0.25, 0.3) is 0 Å². The van der Waals surface area contributed by atoms with Crippen LogP contribution in [0.15, 0.2) is 21.2 Å². The zero-order valence-electron chi connectivity index (χ0n) is 10.0. The highest BCUT2D eigenvalue weighted by Gasteiger charge is 2.38. The Morgan fingerprint density at radius 1 is 1.41 bits per heavy atom. The molecule has 3 saturated heterocycles. The first-order chi connectivity index (χ1) is 8.29. The third kappa shape index (κ3) is 2.05. The summed E-state index contributed by atoms with van der Waals surface area (Å²) in [5.41, 5.74) is 0. The maximum absolute atomic E-state index is 5.62. The fourth-order valence-electron chi connectivity index (χ4n) is 3.00. The Labute approximate surface area is 110 Å². The average Bonchev–Trinajstić information content (AvgIpc) is 2.79. The van der Waals surface area contributed by atoms with Crippen molar-refractivity contribution < 1.29 is 4.42 Å². The Kier molecular flexibility index (Phi) is 3.25. The summed E-state index contributed by atoms with van der Waals surface area (Å²) in [5, 5.41) is 3.41. The monoisotopic (exact) mass is 299 g/mol. The zero-order valence-corrected chi connectivity index (χ0v) is 11.6. The highest BCUT2D eigenvalue weighted by Crippen LogP contribution is 2.31. The molecule has 3 aliphatic rings. The summed E-state index contributed by atoms with van der Waals surface area (Å²) in [5.74, 6) is 1.02. The van der Waals surface area contributed by atoms with E-state index in [2.05, 4.69) is 31.0 Å². The molecule has 0 amide bonds. The lowest BCUT2D eigenvalue weighted by Gasteiger charge is -2.49. The lowest BCUT2D eigenvalue weighted by Crippen LogP contribution is -2.63. The van der Waals surface area contributed by atoms with Crippen LogP contribution in [-0.4, -0.2) is 55.6 Å². The number of piperazine rings is 3. The Bertz CT molecular complexity index is 387. The molecule has 1 aromatic rings. The Morgan fingerprint density at radius 2 is 2.18 bits per heavy atom. The normalized spacial score (nSPS) is 33.9. The third-order valence-electron chi connectivity index (χ3n) is 3.94. The summed E-state index contributed by atoms with van der Waals surface area (Å²) in [7, 11) is 2.01. The second kappa shape index (κ2) is 4.72. The molecule has 1 aromatic heterocycles. The van der Waals surface area contributed by atoms with Crippen molar-refractivity contribution in [2.75, 3.05) is 39.8 Å². The summed E-state index contributed by atoms with van der Waals surface area (Å²) < 4.78 is 6.69. The van der Waals surface area contributed by atoms with Crippen molar-refractivity contribution in [2.45, 2.75) is 12.1 Å². The van der Waals surface area contributed by atoms with Gasteiger partial charge in [-0.2, -0.15) is 0 Å². The number of hydrogen-bond donors (Lipinski definition) is 1. The van der Waals surface area contributed by atoms with Crippen molar-refractivity contribution >= 4 is 15.9 Å². The molecule has 2 atom stereocenters. The quantitative estimate of drug-likeness (QED) is 0.912. The zero-order chi connectivity index (χ0) is 11.8. The molecule has 17 heavy (non-hydrogen) atoms. The summed E-state index contributed by atoms with van der Waals surface area (Å²) in [6.07, 6.45) is 1.75. The van der Waals surface area contributed by atoms with Crippen molar-refractivity contribution in [3.8, 4) is 0 Å². The van der Waals surface area contributed by atoms with E-state index in [-0.39, 0.29) is 6.04 Å². The molecular formula is C12H18BrN3O. The number of halogens is 1. The topological polar surface area (TPSA) is 31.7 Å². The summed E-state index contributed by atoms with van der Waals surface area (Å²) in [4.78, 5) is 5.13. The van der Waals surface area contributed by atoms with E-state index in [4.69, 9.17) is 4.42 Å². The van der Waals surface area contributed by atoms with E-state index >= 15 is 0 Å². The van der Waals surface area contributed by atoms with Crippen LogP contribution >= 0.6 is 15.9 Å². The van der Waals surface area contributed by atoms with Crippen molar-refractivity contribution in [1.82, 2.24) is 15.1 Å². The molecule has 0 aromatic carbocycles. The molecule has 0 aliphatic carbocycles. The van der Waals surface area contributed by atoms with Gasteiger partial charge in [-0.1, -0.05) is 0 Å². The minimum Gasteiger partial charge on any atom is -0.466 e. The number of nitrogens with zero attached hydrogens (tertiary/aromatic N) is 2. The van der Waals surface area contributed by atoms with Crippen molar-refractivity contribution in [1.29, 1.82) is 0 Å². The van der Waals surface area contributed by atoms with Crippen LogP contribution in [0, 0.1) is 0 Å². The molecule has 3 aliphatic heterocycles. The lowest BCUT2D eigenvalue weighted by atomic mass is 9.98. The summed E-state index contributed by atoms with van der Waals surface area (Å²) >= 11 is 3.56. The summed E-state index contributed by atoms with van der Waals surface area (Å²) in [6, 6.07) is 2.75. The first-order valence-electron chi connectivity index (χ1n) is 6.16. The van der Waals surface area contributed by atoms with Gasteiger partial charge < -0.3 is 9.73 Å². The maximum atomic E-state index is 5.62. The van der Waals surface area contributed by atoms with Crippen LogP contribution in [0.2, 0.25) is 0 Å². The smallest absolute Gasteiger partial charge is 0.136 e. The van der Waals surface area contributed by atoms with Gasteiger partial charge in [0, 0.05) is 38.8 Å². The predicted molar refractivity (Wildman–Crippen MR) is 70.0 cm³/mol. The highest BCUT2D eigenvalue weighted by atomic mass is 79.9. The first-order valence-corrected chi connectivity index (χ1v) is 6.95. The van der Waals surface area contributed by atoms with E-state index in [0.717, 1.165) is 16.8 Å². The van der Waals surface area contributed by atoms with E-state index in [1.165, 1.54) is 26.2 Å². The Balaban J connectivity index is 1.84. The largest absolute Gasteiger partial charge is 0.466 e. The second-order valence-corrected chi connectivity index (χ2v) is 5.66. The van der Waals surface area contributed by atoms with E-state index in [0.29, 0.717) is 6.04 Å². The highest BCUT2D eigenvalue weighted by molar-refractivity contribution is 9.10. The van der Waals surface area contributed by atoms with Gasteiger partial charge in [-0.15, -0.1) is 0 Å². The van der Waals surface area contributed by atoms with Crippen LogP contribution in [0.3, 0.4) is 0 Å². The van der Waals surface area contributed by atoms with Gasteiger partial charge >= 0.3 is 0 Å². The van der Waals surface area contributed by atoms with Crippen LogP contribution in [0.1, 0.15) is 11.8 Å². The van der Waals surface area contributed by atoms with Gasteiger partial charge in [0.2, 0.25) is 0 Å². The van der Waals surface area contributed by atoms with E-state index in [9.17, 15) is 0 Å². The van der Waals surface area contributed by atoms with Gasteiger partial charge in [-0.25, -0.2) is 0 Å². The number of nitrogens with one attached hydrogen (secondary N) is 1. The molecule has 0 radical (unpaired) electrons. The fourth-order valence-corrected chi connectivity index (χ4v) is 3.45. The van der Waals surface area contributed by atoms with Gasteiger partial charge in [0.05, 0.1) is 16.8 Å². The number of likely N-dealkylation sites (N-methyl/N-ethyl adjacent to an activating group) is 1. The number of hydrogen-bond acceptors (Lipinski definition) is 4. The molecule has 0 saturated carbocycles.